The second kappa shape index (κ2) is 24.5. The number of benzene rings is 2. The number of nitrogens with zero attached hydrogens (tertiary/aromatic N) is 5. The first-order valence-corrected chi connectivity index (χ1v) is 25.9. The van der Waals surface area contributed by atoms with Crippen molar-refractivity contribution in [2.75, 3.05) is 132 Å². The van der Waals surface area contributed by atoms with E-state index in [0.717, 1.165) is 124 Å². The molecule has 10 rings (SSSR count). The van der Waals surface area contributed by atoms with Crippen LogP contribution in [0.2, 0.25) is 0 Å². The summed E-state index contributed by atoms with van der Waals surface area (Å²) in [5.74, 6) is 5.75. The second-order valence-corrected chi connectivity index (χ2v) is 18.9. The van der Waals surface area contributed by atoms with E-state index >= 15 is 0 Å². The molecule has 2 saturated heterocycles. The SMILES string of the molecule is CS(=O)(=O)OCCCCOc1ccc2c(n1)NC(=O)CC2.O=C1CCc2ccc(OCCCCN3CCN(c4cccc5c4OCCO5)CC3)nc2N1.c1cc2c(c(N3CCNCC3)c1)OCCO2. The number of aryl methyl sites for hydroxylation is 2. The lowest BCUT2D eigenvalue weighted by atomic mass is 10.1. The van der Waals surface area contributed by atoms with Gasteiger partial charge in [0.05, 0.1) is 37.5 Å². The molecule has 19 nitrogen and oxygen atoms in total. The quantitative estimate of drug-likeness (QED) is 0.109. The summed E-state index contributed by atoms with van der Waals surface area (Å²) in [4.78, 5) is 38.8. The third-order valence-electron chi connectivity index (χ3n) is 12.1. The molecule has 6 aliphatic heterocycles. The van der Waals surface area contributed by atoms with Crippen molar-refractivity contribution >= 4 is 44.9 Å². The van der Waals surface area contributed by atoms with Gasteiger partial charge in [-0.2, -0.15) is 18.4 Å². The molecule has 0 spiro atoms. The summed E-state index contributed by atoms with van der Waals surface area (Å²) < 4.78 is 60.3. The summed E-state index contributed by atoms with van der Waals surface area (Å²) in [6, 6.07) is 19.8. The van der Waals surface area contributed by atoms with Crippen molar-refractivity contribution in [2.24, 2.45) is 0 Å². The van der Waals surface area contributed by atoms with E-state index in [1.54, 1.807) is 6.07 Å². The van der Waals surface area contributed by atoms with E-state index in [-0.39, 0.29) is 18.4 Å². The third-order valence-corrected chi connectivity index (χ3v) is 12.7. The molecule has 0 radical (unpaired) electrons. The molecule has 0 atom stereocenters. The van der Waals surface area contributed by atoms with E-state index in [1.165, 1.54) is 5.69 Å². The predicted octanol–water partition coefficient (Wildman–Crippen LogP) is 4.69. The highest BCUT2D eigenvalue weighted by molar-refractivity contribution is 7.85. The summed E-state index contributed by atoms with van der Waals surface area (Å²) in [6.07, 6.45) is 6.76. The average Bonchev–Trinajstić information content (AvgIpc) is 3.37. The van der Waals surface area contributed by atoms with Gasteiger partial charge in [-0.25, -0.2) is 0 Å². The molecule has 0 unspecified atom stereocenters. The Morgan fingerprint density at radius 2 is 1.07 bits per heavy atom. The zero-order chi connectivity index (χ0) is 47.8. The van der Waals surface area contributed by atoms with Crippen molar-refractivity contribution in [2.45, 2.75) is 51.4 Å². The van der Waals surface area contributed by atoms with Crippen molar-refractivity contribution in [3.05, 3.63) is 71.8 Å². The Morgan fingerprint density at radius 3 is 1.61 bits per heavy atom. The Hall–Kier alpha value is -6.09. The van der Waals surface area contributed by atoms with Gasteiger partial charge in [0.15, 0.2) is 23.0 Å². The number of rotatable bonds is 15. The number of pyridine rings is 2. The molecule has 6 aliphatic rings. The highest BCUT2D eigenvalue weighted by Crippen LogP contribution is 2.41. The number of nitrogens with one attached hydrogen (secondary N) is 3. The third kappa shape index (κ3) is 14.5. The first-order chi connectivity index (χ1) is 33.6. The Balaban J connectivity index is 0.000000150. The van der Waals surface area contributed by atoms with Gasteiger partial charge in [0.2, 0.25) is 23.6 Å². The van der Waals surface area contributed by atoms with Crippen LogP contribution in [0.5, 0.6) is 34.8 Å². The maximum absolute atomic E-state index is 11.5. The summed E-state index contributed by atoms with van der Waals surface area (Å²) in [5, 5.41) is 8.88. The molecule has 2 aromatic carbocycles. The summed E-state index contributed by atoms with van der Waals surface area (Å²) >= 11 is 0. The molecular weight excluding hydrogens is 909 g/mol. The number of anilines is 4. The standard InChI is InChI=1S/C24H30N4O4.C13H18N2O5S.C12H16N2O2/c29-21-8-6-18-7-9-22(26-24(18)25-21)31-15-2-1-10-27-11-13-28(14-12-27)19-4-3-5-20-23(19)32-17-16-30-20;1-21(17,18)20-9-3-2-8-19-12-7-5-10-4-6-11(16)14-13(10)15-12;1-2-10(14-6-4-13-5-7-14)12-11(3-1)15-8-9-16-12/h3-5,7,9H,1-2,6,8,10-17H2,(H,25,26,29);5,7H,2-4,6,8-9H2,1H3,(H,14,15,16);1-3,13H,4-9H2. The number of fused-ring (bicyclic) bond motifs is 4. The average molecular weight is 973 g/mol. The normalized spacial score (nSPS) is 17.3. The predicted molar refractivity (Wildman–Crippen MR) is 261 cm³/mol. The van der Waals surface area contributed by atoms with Gasteiger partial charge in [0.25, 0.3) is 10.1 Å². The number of hydrogen-bond donors (Lipinski definition) is 3. The number of ether oxygens (including phenoxy) is 6. The minimum Gasteiger partial charge on any atom is -0.486 e. The largest absolute Gasteiger partial charge is 0.486 e. The fourth-order valence-corrected chi connectivity index (χ4v) is 8.97. The van der Waals surface area contributed by atoms with Crippen molar-refractivity contribution in [3.8, 4) is 34.8 Å². The molecule has 0 bridgehead atoms. The van der Waals surface area contributed by atoms with Crippen molar-refractivity contribution in [3.63, 3.8) is 0 Å². The highest BCUT2D eigenvalue weighted by Gasteiger charge is 2.25. The number of piperazine rings is 2. The lowest BCUT2D eigenvalue weighted by molar-refractivity contribution is -0.117. The molecular formula is C49H64N8O11S. The summed E-state index contributed by atoms with van der Waals surface area (Å²) in [7, 11) is -3.37. The lowest BCUT2D eigenvalue weighted by Crippen LogP contribution is -2.46. The molecule has 0 aliphatic carbocycles. The smallest absolute Gasteiger partial charge is 0.264 e. The van der Waals surface area contributed by atoms with Crippen LogP contribution >= 0.6 is 0 Å². The fourth-order valence-electron chi connectivity index (χ4n) is 8.54. The highest BCUT2D eigenvalue weighted by atomic mass is 32.2. The van der Waals surface area contributed by atoms with Crippen molar-refractivity contribution < 1.29 is 50.6 Å². The number of amides is 2. The maximum atomic E-state index is 11.5. The fraction of sp³-hybridized carbons (Fsp3) is 0.510. The summed E-state index contributed by atoms with van der Waals surface area (Å²) in [5.41, 5.74) is 4.39. The summed E-state index contributed by atoms with van der Waals surface area (Å²) in [6.45, 7) is 13.0. The molecule has 20 heteroatoms. The number of aromatic nitrogens is 2. The monoisotopic (exact) mass is 972 g/mol. The molecule has 2 amide bonds. The molecule has 2 fully saturated rings. The van der Waals surface area contributed by atoms with E-state index in [0.29, 0.717) is 95.1 Å². The van der Waals surface area contributed by atoms with E-state index < -0.39 is 10.1 Å². The Morgan fingerprint density at radius 1 is 0.580 bits per heavy atom. The zero-order valence-electron chi connectivity index (χ0n) is 39.4. The number of hydrogen-bond acceptors (Lipinski definition) is 17. The van der Waals surface area contributed by atoms with Crippen LogP contribution in [-0.4, -0.2) is 147 Å². The van der Waals surface area contributed by atoms with Crippen LogP contribution in [0, 0.1) is 0 Å². The second-order valence-electron chi connectivity index (χ2n) is 17.2. The topological polar surface area (TPSA) is 204 Å². The molecule has 2 aromatic heterocycles. The molecule has 372 valence electrons. The zero-order valence-corrected chi connectivity index (χ0v) is 40.2. The van der Waals surface area contributed by atoms with Gasteiger partial charge < -0.3 is 54.2 Å². The Bertz CT molecular complexity index is 2470. The van der Waals surface area contributed by atoms with Crippen molar-refractivity contribution in [1.82, 2.24) is 20.2 Å². The number of para-hydroxylation sites is 2. The van der Waals surface area contributed by atoms with Gasteiger partial charge in [-0.15, -0.1) is 0 Å². The van der Waals surface area contributed by atoms with Gasteiger partial charge >= 0.3 is 0 Å². The van der Waals surface area contributed by atoms with E-state index in [4.69, 9.17) is 28.4 Å². The number of carbonyl (C=O) groups excluding carboxylic acids is 2. The van der Waals surface area contributed by atoms with Crippen LogP contribution in [0.1, 0.15) is 49.7 Å². The molecule has 0 saturated carbocycles. The van der Waals surface area contributed by atoms with Crippen LogP contribution in [-0.2, 0) is 36.7 Å². The Kier molecular flexibility index (Phi) is 17.5. The molecule has 3 N–H and O–H groups in total. The van der Waals surface area contributed by atoms with E-state index in [9.17, 15) is 18.0 Å². The van der Waals surface area contributed by atoms with E-state index in [2.05, 4.69) is 56.9 Å². The molecule has 69 heavy (non-hydrogen) atoms. The number of unbranched alkanes of at least 4 members (excludes halogenated alkanes) is 2. The van der Waals surface area contributed by atoms with Gasteiger partial charge in [0.1, 0.15) is 38.1 Å². The van der Waals surface area contributed by atoms with Gasteiger partial charge in [-0.1, -0.05) is 12.1 Å². The van der Waals surface area contributed by atoms with Gasteiger partial charge in [0, 0.05) is 77.3 Å². The minimum absolute atomic E-state index is 0.0234. The first-order valence-electron chi connectivity index (χ1n) is 24.0. The van der Waals surface area contributed by atoms with Crippen LogP contribution in [0.15, 0.2) is 60.7 Å². The van der Waals surface area contributed by atoms with Gasteiger partial charge in [-0.3, -0.25) is 18.7 Å². The van der Waals surface area contributed by atoms with Crippen LogP contribution in [0.3, 0.4) is 0 Å². The lowest BCUT2D eigenvalue weighted by Gasteiger charge is -2.37. The van der Waals surface area contributed by atoms with Crippen LogP contribution in [0.25, 0.3) is 0 Å². The van der Waals surface area contributed by atoms with E-state index in [1.807, 2.05) is 42.5 Å². The Labute approximate surface area is 404 Å². The first kappa shape index (κ1) is 49.3. The van der Waals surface area contributed by atoms with Crippen molar-refractivity contribution in [1.29, 1.82) is 0 Å². The van der Waals surface area contributed by atoms with Crippen LogP contribution < -0.4 is 54.2 Å². The van der Waals surface area contributed by atoms with Crippen LogP contribution in [0.4, 0.5) is 23.0 Å². The molecule has 8 heterocycles. The minimum atomic E-state index is -3.37. The van der Waals surface area contributed by atoms with Gasteiger partial charge in [-0.05, 0) is 92.6 Å². The maximum Gasteiger partial charge on any atom is 0.264 e. The number of carbonyl (C=O) groups is 2. The molecule has 4 aromatic rings.